The molecule has 1 unspecified atom stereocenters. The molecule has 1 atom stereocenters. The number of hydrogen-bond donors (Lipinski definition) is 1. The molecular formula is C12H11Cl2N3. The molecule has 88 valence electrons. The van der Waals surface area contributed by atoms with E-state index in [-0.39, 0.29) is 6.04 Å². The molecule has 0 aliphatic carbocycles. The molecular weight excluding hydrogens is 257 g/mol. The topological polar surface area (TPSA) is 37.8 Å². The summed E-state index contributed by atoms with van der Waals surface area (Å²) in [6.07, 6.45) is 4.91. The average molecular weight is 268 g/mol. The van der Waals surface area contributed by atoms with Crippen molar-refractivity contribution in [3.05, 3.63) is 52.5 Å². The van der Waals surface area contributed by atoms with E-state index in [1.54, 1.807) is 24.5 Å². The van der Waals surface area contributed by atoms with Crippen molar-refractivity contribution in [2.24, 2.45) is 0 Å². The first-order chi connectivity index (χ1) is 8.16. The van der Waals surface area contributed by atoms with Gasteiger partial charge in [0, 0.05) is 10.0 Å². The average Bonchev–Trinajstić information content (AvgIpc) is 2.33. The predicted octanol–water partition coefficient (Wildman–Crippen LogP) is 3.96. The second-order valence-electron chi connectivity index (χ2n) is 3.66. The van der Waals surface area contributed by atoms with Crippen LogP contribution in [0.3, 0.4) is 0 Å². The van der Waals surface area contributed by atoms with Gasteiger partial charge < -0.3 is 5.32 Å². The van der Waals surface area contributed by atoms with Crippen molar-refractivity contribution in [1.82, 2.24) is 9.97 Å². The Balaban J connectivity index is 2.20. The van der Waals surface area contributed by atoms with Gasteiger partial charge in [-0.05, 0) is 30.7 Å². The molecule has 1 N–H and O–H groups in total. The second kappa shape index (κ2) is 5.34. The molecule has 0 bridgehead atoms. The van der Waals surface area contributed by atoms with Crippen molar-refractivity contribution >= 4 is 28.9 Å². The van der Waals surface area contributed by atoms with Crippen molar-refractivity contribution in [1.29, 1.82) is 0 Å². The molecule has 1 aromatic heterocycles. The smallest absolute Gasteiger partial charge is 0.115 e. The Labute approximate surface area is 110 Å². The Morgan fingerprint density at radius 1 is 1.18 bits per heavy atom. The third-order valence-electron chi connectivity index (χ3n) is 2.37. The van der Waals surface area contributed by atoms with Crippen molar-refractivity contribution in [3.8, 4) is 0 Å². The molecule has 17 heavy (non-hydrogen) atoms. The standard InChI is InChI=1S/C12H11Cl2N3/c1-8(17-10-5-15-7-16-6-10)11-4-9(13)2-3-12(11)14/h2-8,17H,1H3. The molecule has 0 saturated heterocycles. The fraction of sp³-hybridized carbons (Fsp3) is 0.167. The molecule has 0 spiro atoms. The normalized spacial score (nSPS) is 12.2. The fourth-order valence-electron chi connectivity index (χ4n) is 1.55. The highest BCUT2D eigenvalue weighted by atomic mass is 35.5. The zero-order valence-corrected chi connectivity index (χ0v) is 10.7. The molecule has 0 radical (unpaired) electrons. The van der Waals surface area contributed by atoms with Crippen LogP contribution in [0, 0.1) is 0 Å². The lowest BCUT2D eigenvalue weighted by Gasteiger charge is -2.16. The summed E-state index contributed by atoms with van der Waals surface area (Å²) in [5.41, 5.74) is 1.79. The highest BCUT2D eigenvalue weighted by molar-refractivity contribution is 6.33. The van der Waals surface area contributed by atoms with E-state index in [0.29, 0.717) is 10.0 Å². The molecule has 0 aliphatic rings. The lowest BCUT2D eigenvalue weighted by atomic mass is 10.1. The number of nitrogens with zero attached hydrogens (tertiary/aromatic N) is 2. The summed E-state index contributed by atoms with van der Waals surface area (Å²) >= 11 is 12.1. The summed E-state index contributed by atoms with van der Waals surface area (Å²) in [5.74, 6) is 0. The van der Waals surface area contributed by atoms with E-state index >= 15 is 0 Å². The molecule has 0 fully saturated rings. The lowest BCUT2D eigenvalue weighted by Crippen LogP contribution is -2.07. The van der Waals surface area contributed by atoms with E-state index < -0.39 is 0 Å². The van der Waals surface area contributed by atoms with Crippen LogP contribution >= 0.6 is 23.2 Å². The van der Waals surface area contributed by atoms with Gasteiger partial charge >= 0.3 is 0 Å². The molecule has 1 heterocycles. The number of halogens is 2. The summed E-state index contributed by atoms with van der Waals surface area (Å²) in [4.78, 5) is 7.88. The van der Waals surface area contributed by atoms with Gasteiger partial charge in [-0.25, -0.2) is 9.97 Å². The van der Waals surface area contributed by atoms with Gasteiger partial charge in [0.05, 0.1) is 24.1 Å². The third-order valence-corrected chi connectivity index (χ3v) is 2.95. The Morgan fingerprint density at radius 2 is 1.88 bits per heavy atom. The van der Waals surface area contributed by atoms with Crippen LogP contribution in [0.25, 0.3) is 0 Å². The monoisotopic (exact) mass is 267 g/mol. The van der Waals surface area contributed by atoms with Gasteiger partial charge in [0.2, 0.25) is 0 Å². The SMILES string of the molecule is CC(Nc1cncnc1)c1cc(Cl)ccc1Cl. The number of nitrogens with one attached hydrogen (secondary N) is 1. The molecule has 2 aromatic rings. The van der Waals surface area contributed by atoms with E-state index in [1.807, 2.05) is 13.0 Å². The van der Waals surface area contributed by atoms with Gasteiger partial charge in [-0.3, -0.25) is 0 Å². The number of benzene rings is 1. The van der Waals surface area contributed by atoms with Gasteiger partial charge in [-0.15, -0.1) is 0 Å². The highest BCUT2D eigenvalue weighted by Gasteiger charge is 2.10. The highest BCUT2D eigenvalue weighted by Crippen LogP contribution is 2.28. The van der Waals surface area contributed by atoms with Crippen molar-refractivity contribution in [2.75, 3.05) is 5.32 Å². The van der Waals surface area contributed by atoms with E-state index in [4.69, 9.17) is 23.2 Å². The van der Waals surface area contributed by atoms with E-state index in [9.17, 15) is 0 Å². The Kier molecular flexibility index (Phi) is 3.82. The summed E-state index contributed by atoms with van der Waals surface area (Å²) in [7, 11) is 0. The quantitative estimate of drug-likeness (QED) is 0.915. The summed E-state index contributed by atoms with van der Waals surface area (Å²) < 4.78 is 0. The largest absolute Gasteiger partial charge is 0.376 e. The minimum atomic E-state index is 0.0344. The van der Waals surface area contributed by atoms with Crippen LogP contribution in [0.2, 0.25) is 10.0 Å². The summed E-state index contributed by atoms with van der Waals surface area (Å²) in [6.45, 7) is 2.00. The minimum absolute atomic E-state index is 0.0344. The molecule has 0 amide bonds. The Morgan fingerprint density at radius 3 is 2.59 bits per heavy atom. The molecule has 0 saturated carbocycles. The number of aromatic nitrogens is 2. The zero-order valence-electron chi connectivity index (χ0n) is 9.19. The van der Waals surface area contributed by atoms with Gasteiger partial charge in [-0.2, -0.15) is 0 Å². The number of hydrogen-bond acceptors (Lipinski definition) is 3. The van der Waals surface area contributed by atoms with E-state index in [1.165, 1.54) is 6.33 Å². The Hall–Kier alpha value is -1.32. The van der Waals surface area contributed by atoms with Crippen LogP contribution < -0.4 is 5.32 Å². The van der Waals surface area contributed by atoms with Gasteiger partial charge in [0.15, 0.2) is 0 Å². The van der Waals surface area contributed by atoms with E-state index in [2.05, 4.69) is 15.3 Å². The summed E-state index contributed by atoms with van der Waals surface area (Å²) in [5, 5.41) is 4.61. The first kappa shape index (κ1) is 12.1. The van der Waals surface area contributed by atoms with Gasteiger partial charge in [0.1, 0.15) is 6.33 Å². The van der Waals surface area contributed by atoms with Crippen LogP contribution in [0.5, 0.6) is 0 Å². The maximum absolute atomic E-state index is 6.13. The fourth-order valence-corrected chi connectivity index (χ4v) is 2.01. The lowest BCUT2D eigenvalue weighted by molar-refractivity contribution is 0.880. The maximum Gasteiger partial charge on any atom is 0.115 e. The minimum Gasteiger partial charge on any atom is -0.376 e. The molecule has 2 rings (SSSR count). The van der Waals surface area contributed by atoms with Crippen LogP contribution in [0.1, 0.15) is 18.5 Å². The molecule has 5 heteroatoms. The number of rotatable bonds is 3. The zero-order chi connectivity index (χ0) is 12.3. The summed E-state index contributed by atoms with van der Waals surface area (Å²) in [6, 6.07) is 5.45. The van der Waals surface area contributed by atoms with Crippen molar-refractivity contribution in [3.63, 3.8) is 0 Å². The molecule has 3 nitrogen and oxygen atoms in total. The molecule has 1 aromatic carbocycles. The molecule has 0 aliphatic heterocycles. The third kappa shape index (κ3) is 3.08. The number of anilines is 1. The van der Waals surface area contributed by atoms with Crippen molar-refractivity contribution in [2.45, 2.75) is 13.0 Å². The van der Waals surface area contributed by atoms with Crippen LogP contribution in [0.4, 0.5) is 5.69 Å². The van der Waals surface area contributed by atoms with Gasteiger partial charge in [0.25, 0.3) is 0 Å². The van der Waals surface area contributed by atoms with Gasteiger partial charge in [-0.1, -0.05) is 23.2 Å². The van der Waals surface area contributed by atoms with Crippen LogP contribution in [-0.2, 0) is 0 Å². The van der Waals surface area contributed by atoms with E-state index in [0.717, 1.165) is 11.3 Å². The van der Waals surface area contributed by atoms with Crippen LogP contribution in [0.15, 0.2) is 36.9 Å². The second-order valence-corrected chi connectivity index (χ2v) is 4.50. The Bertz CT molecular complexity index is 502. The van der Waals surface area contributed by atoms with Crippen LogP contribution in [-0.4, -0.2) is 9.97 Å². The first-order valence-electron chi connectivity index (χ1n) is 5.13. The predicted molar refractivity (Wildman–Crippen MR) is 70.5 cm³/mol. The van der Waals surface area contributed by atoms with Crippen molar-refractivity contribution < 1.29 is 0 Å². The maximum atomic E-state index is 6.13. The first-order valence-corrected chi connectivity index (χ1v) is 5.89.